The van der Waals surface area contributed by atoms with Gasteiger partial charge in [-0.15, -0.1) is 0 Å². The number of hydrogen-bond acceptors (Lipinski definition) is 1. The van der Waals surface area contributed by atoms with Gasteiger partial charge in [-0.25, -0.2) is 0 Å². The molecule has 3 heteroatoms. The van der Waals surface area contributed by atoms with Crippen LogP contribution >= 0.6 is 12.2 Å². The normalized spacial score (nSPS) is 18.6. The summed E-state index contributed by atoms with van der Waals surface area (Å²) in [5.74, 6) is 0. The van der Waals surface area contributed by atoms with E-state index in [0.29, 0.717) is 0 Å². The molecule has 146 valence electrons. The molecule has 5 rings (SSSR count). The Bertz CT molecular complexity index is 1020. The molecule has 0 radical (unpaired) electrons. The van der Waals surface area contributed by atoms with Gasteiger partial charge in [0.25, 0.3) is 0 Å². The van der Waals surface area contributed by atoms with Crippen molar-refractivity contribution in [2.75, 3.05) is 9.80 Å². The van der Waals surface area contributed by atoms with Crippen LogP contribution < -0.4 is 9.80 Å². The van der Waals surface area contributed by atoms with Crippen molar-refractivity contribution in [2.24, 2.45) is 0 Å². The van der Waals surface area contributed by atoms with Crippen LogP contribution in [0.15, 0.2) is 121 Å². The van der Waals surface area contributed by atoms with E-state index in [1.165, 1.54) is 11.1 Å². The van der Waals surface area contributed by atoms with Crippen LogP contribution in [0.3, 0.4) is 0 Å². The monoisotopic (exact) mass is 406 g/mol. The molecule has 0 spiro atoms. The molecule has 0 saturated carbocycles. The largest absolute Gasteiger partial charge is 0.309 e. The topological polar surface area (TPSA) is 6.48 Å². The fraction of sp³-hybridized carbons (Fsp3) is 0.0741. The summed E-state index contributed by atoms with van der Waals surface area (Å²) in [5.41, 5.74) is 4.71. The zero-order chi connectivity index (χ0) is 20.3. The van der Waals surface area contributed by atoms with Gasteiger partial charge in [-0.2, -0.15) is 0 Å². The van der Waals surface area contributed by atoms with Gasteiger partial charge in [-0.3, -0.25) is 0 Å². The van der Waals surface area contributed by atoms with Crippen molar-refractivity contribution in [1.29, 1.82) is 0 Å². The van der Waals surface area contributed by atoms with Gasteiger partial charge in [-0.1, -0.05) is 97.1 Å². The van der Waals surface area contributed by atoms with Crippen molar-refractivity contribution in [1.82, 2.24) is 0 Å². The van der Waals surface area contributed by atoms with Gasteiger partial charge < -0.3 is 9.80 Å². The van der Waals surface area contributed by atoms with Crippen LogP contribution in [-0.2, 0) is 0 Å². The number of benzene rings is 4. The van der Waals surface area contributed by atoms with E-state index in [-0.39, 0.29) is 12.1 Å². The van der Waals surface area contributed by atoms with Crippen molar-refractivity contribution in [3.63, 3.8) is 0 Å². The van der Waals surface area contributed by atoms with Crippen LogP contribution in [-0.4, -0.2) is 5.11 Å². The summed E-state index contributed by atoms with van der Waals surface area (Å²) >= 11 is 6.13. The van der Waals surface area contributed by atoms with Crippen LogP contribution in [0.2, 0.25) is 0 Å². The van der Waals surface area contributed by atoms with Gasteiger partial charge >= 0.3 is 0 Å². The Morgan fingerprint density at radius 2 is 0.733 bits per heavy atom. The van der Waals surface area contributed by atoms with E-state index >= 15 is 0 Å². The Labute approximate surface area is 183 Å². The Balaban J connectivity index is 1.74. The van der Waals surface area contributed by atoms with Crippen molar-refractivity contribution in [3.8, 4) is 0 Å². The predicted molar refractivity (Wildman–Crippen MR) is 129 cm³/mol. The quantitative estimate of drug-likeness (QED) is 0.345. The van der Waals surface area contributed by atoms with E-state index in [1.54, 1.807) is 0 Å². The third-order valence-electron chi connectivity index (χ3n) is 5.62. The molecule has 2 atom stereocenters. The summed E-state index contributed by atoms with van der Waals surface area (Å²) in [4.78, 5) is 4.60. The molecule has 0 aromatic heterocycles. The average molecular weight is 407 g/mol. The minimum absolute atomic E-state index is 0.0590. The molecule has 0 aliphatic carbocycles. The molecule has 2 nitrogen and oxygen atoms in total. The molecular weight excluding hydrogens is 384 g/mol. The van der Waals surface area contributed by atoms with Crippen LogP contribution in [0.25, 0.3) is 0 Å². The van der Waals surface area contributed by atoms with E-state index in [1.807, 2.05) is 12.1 Å². The first-order chi connectivity index (χ1) is 14.8. The highest BCUT2D eigenvalue weighted by Gasteiger charge is 2.46. The Morgan fingerprint density at radius 3 is 1.07 bits per heavy atom. The second kappa shape index (κ2) is 8.13. The number of para-hydroxylation sites is 2. The zero-order valence-corrected chi connectivity index (χ0v) is 17.3. The molecule has 1 saturated heterocycles. The average Bonchev–Trinajstić information content (AvgIpc) is 3.14. The highest BCUT2D eigenvalue weighted by molar-refractivity contribution is 7.80. The van der Waals surface area contributed by atoms with Crippen LogP contribution in [0.1, 0.15) is 23.2 Å². The zero-order valence-electron chi connectivity index (χ0n) is 16.5. The fourth-order valence-electron chi connectivity index (χ4n) is 4.32. The van der Waals surface area contributed by atoms with Crippen LogP contribution in [0.5, 0.6) is 0 Å². The van der Waals surface area contributed by atoms with E-state index in [9.17, 15) is 0 Å². The smallest absolute Gasteiger partial charge is 0.181 e. The molecule has 0 N–H and O–H groups in total. The van der Waals surface area contributed by atoms with Crippen molar-refractivity contribution in [3.05, 3.63) is 132 Å². The second-order valence-corrected chi connectivity index (χ2v) is 7.77. The van der Waals surface area contributed by atoms with Gasteiger partial charge in [0.1, 0.15) is 0 Å². The minimum Gasteiger partial charge on any atom is -0.309 e. The lowest BCUT2D eigenvalue weighted by molar-refractivity contribution is 0.618. The summed E-state index contributed by atoms with van der Waals surface area (Å²) in [5, 5.41) is 0.815. The first kappa shape index (κ1) is 18.6. The SMILES string of the molecule is S=C1N(c2ccccc2)C(c2ccccc2)C(c2ccccc2)N1c1ccccc1. The maximum atomic E-state index is 6.13. The molecule has 1 aliphatic heterocycles. The predicted octanol–water partition coefficient (Wildman–Crippen LogP) is 6.78. The molecule has 4 aromatic rings. The van der Waals surface area contributed by atoms with Crippen molar-refractivity contribution >= 4 is 28.7 Å². The molecule has 2 unspecified atom stereocenters. The van der Waals surface area contributed by atoms with E-state index in [2.05, 4.69) is 119 Å². The maximum absolute atomic E-state index is 6.13. The fourth-order valence-corrected chi connectivity index (χ4v) is 4.76. The molecule has 30 heavy (non-hydrogen) atoms. The number of thiocarbonyl (C=S) groups is 1. The highest BCUT2D eigenvalue weighted by Crippen LogP contribution is 2.48. The lowest BCUT2D eigenvalue weighted by atomic mass is 9.92. The summed E-state index contributed by atoms with van der Waals surface area (Å²) in [6.45, 7) is 0. The van der Waals surface area contributed by atoms with Crippen molar-refractivity contribution in [2.45, 2.75) is 12.1 Å². The summed E-state index contributed by atoms with van der Waals surface area (Å²) in [7, 11) is 0. The van der Waals surface area contributed by atoms with Crippen LogP contribution in [0.4, 0.5) is 11.4 Å². The maximum Gasteiger partial charge on any atom is 0.181 e. The number of anilines is 2. The lowest BCUT2D eigenvalue weighted by Gasteiger charge is -2.29. The highest BCUT2D eigenvalue weighted by atomic mass is 32.1. The lowest BCUT2D eigenvalue weighted by Crippen LogP contribution is -2.32. The van der Waals surface area contributed by atoms with Gasteiger partial charge in [-0.05, 0) is 47.6 Å². The Kier molecular flexibility index (Phi) is 5.04. The molecule has 1 fully saturated rings. The third-order valence-corrected chi connectivity index (χ3v) is 6.01. The summed E-state index contributed by atoms with van der Waals surface area (Å²) in [6, 6.07) is 42.4. The molecular formula is C27H22N2S. The first-order valence-corrected chi connectivity index (χ1v) is 10.6. The van der Waals surface area contributed by atoms with Gasteiger partial charge in [0.2, 0.25) is 0 Å². The minimum atomic E-state index is 0.0590. The van der Waals surface area contributed by atoms with E-state index in [4.69, 9.17) is 12.2 Å². The molecule has 1 aliphatic rings. The molecule has 0 bridgehead atoms. The standard InChI is InChI=1S/C27H22N2S/c30-27-28(23-17-9-3-10-18-23)25(21-13-5-1-6-14-21)26(22-15-7-2-8-16-22)29(27)24-19-11-4-12-20-24/h1-20,25-26H. The Morgan fingerprint density at radius 1 is 0.433 bits per heavy atom. The van der Waals surface area contributed by atoms with E-state index in [0.717, 1.165) is 16.5 Å². The van der Waals surface area contributed by atoms with Gasteiger partial charge in [0, 0.05) is 11.4 Å². The number of hydrogen-bond donors (Lipinski definition) is 0. The Hall–Kier alpha value is -3.43. The van der Waals surface area contributed by atoms with E-state index < -0.39 is 0 Å². The van der Waals surface area contributed by atoms with Gasteiger partial charge in [0.15, 0.2) is 5.11 Å². The molecule has 1 heterocycles. The number of nitrogens with zero attached hydrogens (tertiary/aromatic N) is 2. The van der Waals surface area contributed by atoms with Gasteiger partial charge in [0.05, 0.1) is 12.1 Å². The first-order valence-electron chi connectivity index (χ1n) is 10.2. The molecule has 0 amide bonds. The number of rotatable bonds is 4. The summed E-state index contributed by atoms with van der Waals surface area (Å²) in [6.07, 6.45) is 0. The van der Waals surface area contributed by atoms with Crippen molar-refractivity contribution < 1.29 is 0 Å². The summed E-state index contributed by atoms with van der Waals surface area (Å²) < 4.78 is 0. The third kappa shape index (κ3) is 3.27. The second-order valence-electron chi connectivity index (χ2n) is 7.40. The van der Waals surface area contributed by atoms with Crippen LogP contribution in [0, 0.1) is 0 Å². The molecule has 4 aromatic carbocycles.